The molecule has 0 saturated carbocycles. The molecular formula is C35H37Cl2N3O7S. The van der Waals surface area contributed by atoms with Crippen LogP contribution in [0.25, 0.3) is 0 Å². The van der Waals surface area contributed by atoms with Gasteiger partial charge in [0.25, 0.3) is 0 Å². The van der Waals surface area contributed by atoms with Crippen molar-refractivity contribution in [2.45, 2.75) is 43.9 Å². The van der Waals surface area contributed by atoms with Crippen LogP contribution >= 0.6 is 34.5 Å². The number of carboxylic acid groups (broad SMARTS) is 1. The van der Waals surface area contributed by atoms with Gasteiger partial charge in [-0.25, -0.2) is 9.59 Å². The van der Waals surface area contributed by atoms with E-state index in [-0.39, 0.29) is 40.0 Å². The van der Waals surface area contributed by atoms with Gasteiger partial charge in [-0.2, -0.15) is 4.73 Å². The minimum atomic E-state index is -1.10. The van der Waals surface area contributed by atoms with Crippen LogP contribution in [0.15, 0.2) is 67.0 Å². The van der Waals surface area contributed by atoms with E-state index >= 15 is 0 Å². The SMILES string of the molecule is COc1ccc([C@H](Cc2c(Cl)c[n+]([O-])cc2Cl)c2cc(CNC(C(=O)OC3CCN(C)CC3)c3ccccc3)sc2C(=O)O)cc1OC. The molecule has 48 heavy (non-hydrogen) atoms. The smallest absolute Gasteiger partial charge is 0.346 e. The predicted molar refractivity (Wildman–Crippen MR) is 184 cm³/mol. The van der Waals surface area contributed by atoms with Crippen molar-refractivity contribution in [3.8, 4) is 11.5 Å². The molecule has 2 N–H and O–H groups in total. The number of aromatic nitrogens is 1. The van der Waals surface area contributed by atoms with Gasteiger partial charge in [-0.3, -0.25) is 5.32 Å². The molecule has 2 atom stereocenters. The van der Waals surface area contributed by atoms with Crippen molar-refractivity contribution in [1.82, 2.24) is 10.2 Å². The molecule has 13 heteroatoms. The third kappa shape index (κ3) is 8.40. The normalized spacial score (nSPS) is 15.1. The Bertz CT molecular complexity index is 1720. The molecule has 0 amide bonds. The van der Waals surface area contributed by atoms with Gasteiger partial charge in [0.05, 0.1) is 14.2 Å². The van der Waals surface area contributed by atoms with E-state index in [4.69, 9.17) is 37.4 Å². The maximum Gasteiger partial charge on any atom is 0.346 e. The molecule has 2 aromatic carbocycles. The van der Waals surface area contributed by atoms with Crippen molar-refractivity contribution in [2.75, 3.05) is 34.4 Å². The van der Waals surface area contributed by atoms with E-state index in [1.165, 1.54) is 26.6 Å². The van der Waals surface area contributed by atoms with Gasteiger partial charge >= 0.3 is 11.9 Å². The Hall–Kier alpha value is -3.87. The molecule has 5 rings (SSSR count). The quantitative estimate of drug-likeness (QED) is 0.0941. The highest BCUT2D eigenvalue weighted by Gasteiger charge is 2.30. The van der Waals surface area contributed by atoms with Gasteiger partial charge in [0.15, 0.2) is 23.9 Å². The molecule has 1 fully saturated rings. The molecule has 0 bridgehead atoms. The van der Waals surface area contributed by atoms with Crippen LogP contribution in [0.3, 0.4) is 0 Å². The van der Waals surface area contributed by atoms with E-state index < -0.39 is 17.9 Å². The number of benzene rings is 2. The number of likely N-dealkylation sites (tertiary alicyclic amines) is 1. The molecule has 1 aliphatic heterocycles. The zero-order chi connectivity index (χ0) is 34.4. The number of halogens is 2. The lowest BCUT2D eigenvalue weighted by Crippen LogP contribution is -2.38. The lowest BCUT2D eigenvalue weighted by molar-refractivity contribution is -0.605. The Labute approximate surface area is 293 Å². The summed E-state index contributed by atoms with van der Waals surface area (Å²) in [4.78, 5) is 29.3. The summed E-state index contributed by atoms with van der Waals surface area (Å²) in [5.74, 6) is -1.06. The Morgan fingerprint density at radius 2 is 1.69 bits per heavy atom. The van der Waals surface area contributed by atoms with Crippen LogP contribution in [0.4, 0.5) is 0 Å². The summed E-state index contributed by atoms with van der Waals surface area (Å²) in [7, 11) is 5.10. The summed E-state index contributed by atoms with van der Waals surface area (Å²) in [6.07, 6.45) is 3.98. The fourth-order valence-electron chi connectivity index (χ4n) is 5.90. The van der Waals surface area contributed by atoms with Crippen molar-refractivity contribution in [3.05, 3.63) is 114 Å². The van der Waals surface area contributed by atoms with Crippen LogP contribution in [0.1, 0.15) is 61.6 Å². The van der Waals surface area contributed by atoms with Gasteiger partial charge in [0.2, 0.25) is 0 Å². The number of nitrogens with zero attached hydrogens (tertiary/aromatic N) is 2. The standard InChI is InChI=1S/C35H37Cl2N3O7S/c1-39-13-11-23(12-14-39)47-35(43)32(21-7-5-4-6-8-21)38-18-24-16-26(33(48-24)34(41)42)25(17-27-28(36)19-40(44)20-29(27)37)22-9-10-30(45-2)31(15-22)46-3/h4-10,15-16,19-20,23,25,32,38H,11-14,17-18H2,1-3H3,(H,41,42)/t25-,32?/m0/s1. The topological polar surface area (TPSA) is 124 Å². The fourth-order valence-corrected chi connectivity index (χ4v) is 7.51. The summed E-state index contributed by atoms with van der Waals surface area (Å²) in [5.41, 5.74) is 2.49. The number of esters is 1. The van der Waals surface area contributed by atoms with Crippen molar-refractivity contribution < 1.29 is 33.6 Å². The molecule has 4 aromatic rings. The Morgan fingerprint density at radius 3 is 2.31 bits per heavy atom. The maximum absolute atomic E-state index is 13.5. The van der Waals surface area contributed by atoms with Crippen molar-refractivity contribution in [3.63, 3.8) is 0 Å². The van der Waals surface area contributed by atoms with Crippen molar-refractivity contribution >= 4 is 46.5 Å². The lowest BCUT2D eigenvalue weighted by Gasteiger charge is -2.30. The largest absolute Gasteiger partial charge is 0.619 e. The monoisotopic (exact) mass is 713 g/mol. The zero-order valence-corrected chi connectivity index (χ0v) is 29.1. The number of nitrogens with one attached hydrogen (secondary N) is 1. The van der Waals surface area contributed by atoms with E-state index in [9.17, 15) is 19.9 Å². The number of thiophene rings is 1. The van der Waals surface area contributed by atoms with Gasteiger partial charge < -0.3 is 29.4 Å². The zero-order valence-electron chi connectivity index (χ0n) is 26.8. The van der Waals surface area contributed by atoms with Crippen molar-refractivity contribution in [2.24, 2.45) is 0 Å². The first-order valence-corrected chi connectivity index (χ1v) is 17.0. The summed E-state index contributed by atoms with van der Waals surface area (Å²) in [6.45, 7) is 1.92. The number of ether oxygens (including phenoxy) is 3. The number of piperidine rings is 1. The summed E-state index contributed by atoms with van der Waals surface area (Å²) < 4.78 is 17.5. The summed E-state index contributed by atoms with van der Waals surface area (Å²) >= 11 is 14.1. The minimum Gasteiger partial charge on any atom is -0.619 e. The second kappa shape index (κ2) is 16.0. The number of hydrogen-bond donors (Lipinski definition) is 2. The third-order valence-corrected chi connectivity index (χ3v) is 10.2. The highest BCUT2D eigenvalue weighted by Crippen LogP contribution is 2.41. The average molecular weight is 715 g/mol. The van der Waals surface area contributed by atoms with Gasteiger partial charge in [-0.15, -0.1) is 11.3 Å². The molecular weight excluding hydrogens is 677 g/mol. The fraction of sp³-hybridized carbons (Fsp3) is 0.343. The first kappa shape index (κ1) is 35.4. The molecule has 10 nitrogen and oxygen atoms in total. The van der Waals surface area contributed by atoms with Crippen LogP contribution in [-0.2, 0) is 22.5 Å². The van der Waals surface area contributed by atoms with Gasteiger partial charge in [-0.05, 0) is 61.2 Å². The van der Waals surface area contributed by atoms with Gasteiger partial charge in [0.1, 0.15) is 27.1 Å². The number of methoxy groups -OCH3 is 2. The second-order valence-corrected chi connectivity index (χ2v) is 13.6. The predicted octanol–water partition coefficient (Wildman–Crippen LogP) is 6.25. The molecule has 3 heterocycles. The molecule has 1 saturated heterocycles. The van der Waals surface area contributed by atoms with Crippen LogP contribution in [-0.4, -0.2) is 62.4 Å². The minimum absolute atomic E-state index is 0.124. The van der Waals surface area contributed by atoms with Crippen LogP contribution < -0.4 is 19.5 Å². The van der Waals surface area contributed by atoms with Crippen LogP contribution in [0.2, 0.25) is 10.0 Å². The van der Waals surface area contributed by atoms with Crippen molar-refractivity contribution in [1.29, 1.82) is 0 Å². The highest BCUT2D eigenvalue weighted by molar-refractivity contribution is 7.14. The molecule has 0 spiro atoms. The van der Waals surface area contributed by atoms with Gasteiger partial charge in [-0.1, -0.05) is 59.6 Å². The van der Waals surface area contributed by atoms with Gasteiger partial charge in [0, 0.05) is 36.0 Å². The number of carbonyl (C=O) groups excluding carboxylic acids is 1. The molecule has 1 unspecified atom stereocenters. The number of rotatable bonds is 13. The number of pyridine rings is 1. The number of carboxylic acids is 1. The summed E-state index contributed by atoms with van der Waals surface area (Å²) in [6, 6.07) is 15.8. The van der Waals surface area contributed by atoms with E-state index in [1.54, 1.807) is 12.1 Å². The second-order valence-electron chi connectivity index (χ2n) is 11.6. The van der Waals surface area contributed by atoms with E-state index in [2.05, 4.69) is 10.2 Å². The van der Waals surface area contributed by atoms with E-state index in [0.29, 0.717) is 32.2 Å². The van der Waals surface area contributed by atoms with Crippen LogP contribution in [0, 0.1) is 5.21 Å². The highest BCUT2D eigenvalue weighted by atomic mass is 35.5. The lowest BCUT2D eigenvalue weighted by atomic mass is 9.85. The maximum atomic E-state index is 13.5. The average Bonchev–Trinajstić information content (AvgIpc) is 3.50. The number of carbonyl (C=O) groups is 2. The molecule has 2 aromatic heterocycles. The number of aromatic carboxylic acids is 1. The first-order chi connectivity index (χ1) is 23.1. The Balaban J connectivity index is 1.49. The molecule has 0 aliphatic carbocycles. The molecule has 0 radical (unpaired) electrons. The summed E-state index contributed by atoms with van der Waals surface area (Å²) in [5, 5.41) is 26.0. The van der Waals surface area contributed by atoms with Crippen LogP contribution in [0.5, 0.6) is 11.5 Å². The Kier molecular flexibility index (Phi) is 11.8. The number of hydrogen-bond acceptors (Lipinski definition) is 9. The third-order valence-electron chi connectivity index (χ3n) is 8.45. The van der Waals surface area contributed by atoms with E-state index in [0.717, 1.165) is 48.4 Å². The molecule has 254 valence electrons. The first-order valence-electron chi connectivity index (χ1n) is 15.4. The molecule has 1 aliphatic rings. The Morgan fingerprint density at radius 1 is 1.02 bits per heavy atom. The van der Waals surface area contributed by atoms with E-state index in [1.807, 2.05) is 49.5 Å².